The van der Waals surface area contributed by atoms with Gasteiger partial charge in [0.1, 0.15) is 0 Å². The van der Waals surface area contributed by atoms with Crippen LogP contribution in [0.25, 0.3) is 0 Å². The predicted octanol–water partition coefficient (Wildman–Crippen LogP) is 2.60. The molecule has 0 aliphatic rings. The van der Waals surface area contributed by atoms with Crippen molar-refractivity contribution in [2.24, 2.45) is 5.41 Å². The average Bonchev–Trinajstić information content (AvgIpc) is 1.79. The summed E-state index contributed by atoms with van der Waals surface area (Å²) in [4.78, 5) is 10.2. The van der Waals surface area contributed by atoms with Crippen molar-refractivity contribution in [1.82, 2.24) is 0 Å². The fraction of sp³-hybridized carbons (Fsp3) is 0.750. The normalized spacial score (nSPS) is 13.3. The van der Waals surface area contributed by atoms with Crippen LogP contribution in [-0.4, -0.2) is 4.92 Å². The summed E-state index contributed by atoms with van der Waals surface area (Å²) in [6.45, 7) is 7.43. The fourth-order valence-corrected chi connectivity index (χ4v) is 0.848. The molecule has 0 atom stereocenters. The van der Waals surface area contributed by atoms with Crippen molar-refractivity contribution in [2.75, 3.05) is 0 Å². The van der Waals surface area contributed by atoms with Crippen molar-refractivity contribution in [3.63, 3.8) is 0 Å². The SMILES string of the molecule is CC/C=C(/[N+](=O)[O-])C(C)(C)C. The standard InChI is InChI=1S/C8H15NO2/c1-5-6-7(9(10)11)8(2,3)4/h6H,5H2,1-4H3/b7-6+. The Kier molecular flexibility index (Phi) is 3.23. The van der Waals surface area contributed by atoms with Crippen molar-refractivity contribution in [3.05, 3.63) is 21.9 Å². The molecule has 0 amide bonds. The first-order valence-corrected chi connectivity index (χ1v) is 3.74. The third-order valence-electron chi connectivity index (χ3n) is 1.36. The van der Waals surface area contributed by atoms with Gasteiger partial charge in [-0.05, 0) is 33.3 Å². The summed E-state index contributed by atoms with van der Waals surface area (Å²) in [5.74, 6) is 0. The van der Waals surface area contributed by atoms with Crippen LogP contribution in [0, 0.1) is 15.5 Å². The summed E-state index contributed by atoms with van der Waals surface area (Å²) in [6, 6.07) is 0. The molecule has 0 fully saturated rings. The van der Waals surface area contributed by atoms with Gasteiger partial charge in [0.05, 0.1) is 10.3 Å². The molecule has 0 aromatic heterocycles. The lowest BCUT2D eigenvalue weighted by Crippen LogP contribution is -2.16. The molecular formula is C8H15NO2. The lowest BCUT2D eigenvalue weighted by molar-refractivity contribution is -0.439. The highest BCUT2D eigenvalue weighted by Gasteiger charge is 2.26. The first-order chi connectivity index (χ1) is 4.89. The summed E-state index contributed by atoms with van der Waals surface area (Å²) in [6.07, 6.45) is 2.38. The Hall–Kier alpha value is -0.860. The van der Waals surface area contributed by atoms with Crippen LogP contribution in [0.3, 0.4) is 0 Å². The Balaban J connectivity index is 4.63. The lowest BCUT2D eigenvalue weighted by atomic mass is 9.92. The van der Waals surface area contributed by atoms with E-state index in [1.54, 1.807) is 6.08 Å². The molecule has 0 bridgehead atoms. The summed E-state index contributed by atoms with van der Waals surface area (Å²) < 4.78 is 0. The Morgan fingerprint density at radius 2 is 2.00 bits per heavy atom. The molecule has 0 spiro atoms. The van der Waals surface area contributed by atoms with Crippen LogP contribution in [0.5, 0.6) is 0 Å². The zero-order valence-electron chi connectivity index (χ0n) is 7.55. The van der Waals surface area contributed by atoms with Gasteiger partial charge in [0.2, 0.25) is 5.70 Å². The van der Waals surface area contributed by atoms with Crippen molar-refractivity contribution in [1.29, 1.82) is 0 Å². The smallest absolute Gasteiger partial charge is 0.247 e. The second kappa shape index (κ2) is 3.51. The molecule has 0 aromatic rings. The summed E-state index contributed by atoms with van der Waals surface area (Å²) in [7, 11) is 0. The number of nitrogens with zero attached hydrogens (tertiary/aromatic N) is 1. The van der Waals surface area contributed by atoms with E-state index >= 15 is 0 Å². The summed E-state index contributed by atoms with van der Waals surface area (Å²) in [5, 5.41) is 10.5. The van der Waals surface area contributed by atoms with E-state index in [1.807, 2.05) is 27.7 Å². The number of hydrogen-bond donors (Lipinski definition) is 0. The molecule has 64 valence electrons. The van der Waals surface area contributed by atoms with E-state index in [1.165, 1.54) is 0 Å². The summed E-state index contributed by atoms with van der Waals surface area (Å²) >= 11 is 0. The van der Waals surface area contributed by atoms with Gasteiger partial charge in [0.15, 0.2) is 0 Å². The van der Waals surface area contributed by atoms with Crippen LogP contribution >= 0.6 is 0 Å². The van der Waals surface area contributed by atoms with Crippen LogP contribution in [0.15, 0.2) is 11.8 Å². The average molecular weight is 157 g/mol. The van der Waals surface area contributed by atoms with Gasteiger partial charge in [-0.1, -0.05) is 6.92 Å². The van der Waals surface area contributed by atoms with Crippen LogP contribution in [0.1, 0.15) is 34.1 Å². The lowest BCUT2D eigenvalue weighted by Gasteiger charge is -2.13. The van der Waals surface area contributed by atoms with Gasteiger partial charge in [-0.2, -0.15) is 0 Å². The van der Waals surface area contributed by atoms with Crippen molar-refractivity contribution in [2.45, 2.75) is 34.1 Å². The molecule has 0 N–H and O–H groups in total. The zero-order chi connectivity index (χ0) is 9.07. The zero-order valence-corrected chi connectivity index (χ0v) is 7.55. The number of nitro groups is 1. The highest BCUT2D eigenvalue weighted by molar-refractivity contribution is 5.01. The third kappa shape index (κ3) is 3.16. The van der Waals surface area contributed by atoms with Gasteiger partial charge in [-0.25, -0.2) is 0 Å². The minimum atomic E-state index is -0.348. The Morgan fingerprint density at radius 1 is 1.55 bits per heavy atom. The molecule has 0 rings (SSSR count). The van der Waals surface area contributed by atoms with Gasteiger partial charge in [0.25, 0.3) is 0 Å². The van der Waals surface area contributed by atoms with Gasteiger partial charge in [-0.15, -0.1) is 0 Å². The molecule has 0 aromatic carbocycles. The van der Waals surface area contributed by atoms with E-state index in [2.05, 4.69) is 0 Å². The van der Waals surface area contributed by atoms with Gasteiger partial charge in [0, 0.05) is 0 Å². The van der Waals surface area contributed by atoms with Crippen LogP contribution < -0.4 is 0 Å². The van der Waals surface area contributed by atoms with Crippen molar-refractivity contribution < 1.29 is 4.92 Å². The highest BCUT2D eigenvalue weighted by Crippen LogP contribution is 2.25. The summed E-state index contributed by atoms with van der Waals surface area (Å²) in [5.41, 5.74) is -0.0422. The first kappa shape index (κ1) is 10.1. The Labute approximate surface area is 67.3 Å². The first-order valence-electron chi connectivity index (χ1n) is 3.74. The van der Waals surface area contributed by atoms with Crippen LogP contribution in [-0.2, 0) is 0 Å². The maximum absolute atomic E-state index is 10.5. The van der Waals surface area contributed by atoms with Gasteiger partial charge >= 0.3 is 0 Å². The molecule has 0 aliphatic carbocycles. The van der Waals surface area contributed by atoms with E-state index in [4.69, 9.17) is 0 Å². The van der Waals surface area contributed by atoms with E-state index in [0.29, 0.717) is 12.1 Å². The minimum Gasteiger partial charge on any atom is -0.259 e. The Morgan fingerprint density at radius 3 is 2.09 bits per heavy atom. The van der Waals surface area contributed by atoms with E-state index in [0.717, 1.165) is 0 Å². The monoisotopic (exact) mass is 157 g/mol. The fourth-order valence-electron chi connectivity index (χ4n) is 0.848. The van der Waals surface area contributed by atoms with Crippen LogP contribution in [0.4, 0.5) is 0 Å². The molecule has 0 unspecified atom stereocenters. The maximum Gasteiger partial charge on any atom is 0.247 e. The molecule has 0 saturated heterocycles. The third-order valence-corrected chi connectivity index (χ3v) is 1.36. The molecule has 0 heterocycles. The quantitative estimate of drug-likeness (QED) is 0.456. The largest absolute Gasteiger partial charge is 0.259 e. The van der Waals surface area contributed by atoms with E-state index in [9.17, 15) is 10.1 Å². The maximum atomic E-state index is 10.5. The van der Waals surface area contributed by atoms with E-state index < -0.39 is 0 Å². The minimum absolute atomic E-state index is 0.302. The Bertz CT molecular complexity index is 177. The van der Waals surface area contributed by atoms with Crippen molar-refractivity contribution in [3.8, 4) is 0 Å². The van der Waals surface area contributed by atoms with Crippen molar-refractivity contribution >= 4 is 0 Å². The predicted molar refractivity (Wildman–Crippen MR) is 44.8 cm³/mol. The number of rotatable bonds is 2. The molecule has 0 aliphatic heterocycles. The molecule has 3 nitrogen and oxygen atoms in total. The van der Waals surface area contributed by atoms with Crippen LogP contribution in [0.2, 0.25) is 0 Å². The number of allylic oxidation sites excluding steroid dienone is 2. The highest BCUT2D eigenvalue weighted by atomic mass is 16.6. The number of hydrogen-bond acceptors (Lipinski definition) is 2. The second-order valence-electron chi connectivity index (χ2n) is 3.50. The molecular weight excluding hydrogens is 142 g/mol. The topological polar surface area (TPSA) is 43.1 Å². The van der Waals surface area contributed by atoms with E-state index in [-0.39, 0.29) is 10.3 Å². The molecule has 3 heteroatoms. The van der Waals surface area contributed by atoms with Gasteiger partial charge in [-0.3, -0.25) is 10.1 Å². The molecule has 0 saturated carbocycles. The molecule has 0 radical (unpaired) electrons. The van der Waals surface area contributed by atoms with Gasteiger partial charge < -0.3 is 0 Å². The molecule has 11 heavy (non-hydrogen) atoms. The second-order valence-corrected chi connectivity index (χ2v) is 3.50.